The largest absolute Gasteiger partial charge is 0.454 e. The van der Waals surface area contributed by atoms with Gasteiger partial charge >= 0.3 is 0 Å². The van der Waals surface area contributed by atoms with Crippen molar-refractivity contribution in [3.05, 3.63) is 76.0 Å². The van der Waals surface area contributed by atoms with Crippen molar-refractivity contribution in [3.63, 3.8) is 0 Å². The molecule has 0 unspecified atom stereocenters. The van der Waals surface area contributed by atoms with Gasteiger partial charge in [0.1, 0.15) is 10.6 Å². The zero-order valence-corrected chi connectivity index (χ0v) is 17.9. The Balaban J connectivity index is 1.37. The molecule has 1 aliphatic heterocycles. The standard InChI is InChI=1S/C23H20FN3O3S/c1-14-18-10-21(31-23(18)27(25-14)12-15-3-6-17(24)7-4-15)22(28)26(2)11-16-5-8-19-20(9-16)30-13-29-19/h3-10H,11-13H2,1-2H3. The quantitative estimate of drug-likeness (QED) is 0.458. The molecule has 0 fully saturated rings. The summed E-state index contributed by atoms with van der Waals surface area (Å²) in [4.78, 5) is 16.4. The highest BCUT2D eigenvalue weighted by Gasteiger charge is 2.20. The molecule has 158 valence electrons. The second-order valence-corrected chi connectivity index (χ2v) is 8.58. The highest BCUT2D eigenvalue weighted by atomic mass is 32.1. The number of halogens is 1. The monoisotopic (exact) mass is 437 g/mol. The fourth-order valence-electron chi connectivity index (χ4n) is 3.66. The second-order valence-electron chi connectivity index (χ2n) is 7.55. The number of carbonyl (C=O) groups is 1. The van der Waals surface area contributed by atoms with E-state index in [4.69, 9.17) is 9.47 Å². The molecule has 31 heavy (non-hydrogen) atoms. The maximum atomic E-state index is 13.2. The maximum Gasteiger partial charge on any atom is 0.264 e. The number of ether oxygens (including phenoxy) is 2. The first kappa shape index (κ1) is 19.6. The van der Waals surface area contributed by atoms with Crippen molar-refractivity contribution < 1.29 is 18.7 Å². The molecular formula is C23H20FN3O3S. The molecule has 0 radical (unpaired) electrons. The Morgan fingerprint density at radius 1 is 1.13 bits per heavy atom. The number of nitrogens with zero attached hydrogens (tertiary/aromatic N) is 3. The summed E-state index contributed by atoms with van der Waals surface area (Å²) in [5.74, 6) is 1.12. The summed E-state index contributed by atoms with van der Waals surface area (Å²) >= 11 is 1.42. The average Bonchev–Trinajstić information content (AvgIpc) is 3.46. The molecule has 2 aromatic carbocycles. The van der Waals surface area contributed by atoms with Crippen LogP contribution in [0.4, 0.5) is 4.39 Å². The van der Waals surface area contributed by atoms with Crippen LogP contribution < -0.4 is 9.47 Å². The Morgan fingerprint density at radius 3 is 2.68 bits per heavy atom. The van der Waals surface area contributed by atoms with Gasteiger partial charge in [0.05, 0.1) is 17.1 Å². The predicted molar refractivity (Wildman–Crippen MR) is 116 cm³/mol. The Labute approximate surface area is 182 Å². The second kappa shape index (κ2) is 7.70. The molecular weight excluding hydrogens is 417 g/mol. The summed E-state index contributed by atoms with van der Waals surface area (Å²) < 4.78 is 25.8. The summed E-state index contributed by atoms with van der Waals surface area (Å²) in [5, 5.41) is 5.56. The Hall–Kier alpha value is -3.39. The van der Waals surface area contributed by atoms with Crippen molar-refractivity contribution in [2.45, 2.75) is 20.0 Å². The van der Waals surface area contributed by atoms with Crippen LogP contribution in [0.3, 0.4) is 0 Å². The van der Waals surface area contributed by atoms with Crippen molar-refractivity contribution in [1.82, 2.24) is 14.7 Å². The van der Waals surface area contributed by atoms with Gasteiger partial charge in [-0.05, 0) is 48.4 Å². The lowest BCUT2D eigenvalue weighted by Crippen LogP contribution is -2.25. The number of hydrogen-bond acceptors (Lipinski definition) is 5. The molecule has 8 heteroatoms. The summed E-state index contributed by atoms with van der Waals surface area (Å²) in [6.45, 7) is 3.14. The van der Waals surface area contributed by atoms with Gasteiger partial charge in [0.25, 0.3) is 5.91 Å². The molecule has 0 aliphatic carbocycles. The Morgan fingerprint density at radius 2 is 1.87 bits per heavy atom. The van der Waals surface area contributed by atoms with Gasteiger partial charge in [0, 0.05) is 19.0 Å². The van der Waals surface area contributed by atoms with E-state index in [-0.39, 0.29) is 18.5 Å². The van der Waals surface area contributed by atoms with Gasteiger partial charge in [0.15, 0.2) is 11.5 Å². The molecule has 0 N–H and O–H groups in total. The smallest absolute Gasteiger partial charge is 0.264 e. The number of fused-ring (bicyclic) bond motifs is 2. The highest BCUT2D eigenvalue weighted by Crippen LogP contribution is 2.33. The lowest BCUT2D eigenvalue weighted by Gasteiger charge is -2.16. The number of aromatic nitrogens is 2. The number of amides is 1. The van der Waals surface area contributed by atoms with E-state index in [1.165, 1.54) is 23.5 Å². The van der Waals surface area contributed by atoms with E-state index in [0.29, 0.717) is 23.7 Å². The molecule has 0 bridgehead atoms. The molecule has 0 saturated carbocycles. The fourth-order valence-corrected chi connectivity index (χ4v) is 4.82. The van der Waals surface area contributed by atoms with E-state index in [2.05, 4.69) is 5.10 Å². The number of aryl methyl sites for hydroxylation is 1. The summed E-state index contributed by atoms with van der Waals surface area (Å²) in [7, 11) is 1.79. The van der Waals surface area contributed by atoms with E-state index in [0.717, 1.165) is 32.8 Å². The maximum absolute atomic E-state index is 13.2. The molecule has 5 rings (SSSR count). The summed E-state index contributed by atoms with van der Waals surface area (Å²) in [6, 6.07) is 14.0. The molecule has 3 heterocycles. The predicted octanol–water partition coefficient (Wildman–Crippen LogP) is 4.59. The van der Waals surface area contributed by atoms with Gasteiger partial charge < -0.3 is 14.4 Å². The molecule has 1 aliphatic rings. The van der Waals surface area contributed by atoms with Crippen LogP contribution in [0.5, 0.6) is 11.5 Å². The minimum absolute atomic E-state index is 0.0494. The van der Waals surface area contributed by atoms with Gasteiger partial charge in [-0.2, -0.15) is 5.10 Å². The topological polar surface area (TPSA) is 56.6 Å². The Kier molecular flexibility index (Phi) is 4.86. The molecule has 0 atom stereocenters. The summed E-state index contributed by atoms with van der Waals surface area (Å²) in [5.41, 5.74) is 2.79. The van der Waals surface area contributed by atoms with Crippen LogP contribution in [0.2, 0.25) is 0 Å². The van der Waals surface area contributed by atoms with Crippen LogP contribution in [-0.2, 0) is 13.1 Å². The fraction of sp³-hybridized carbons (Fsp3) is 0.217. The normalized spacial score (nSPS) is 12.5. The lowest BCUT2D eigenvalue weighted by atomic mass is 10.2. The zero-order valence-electron chi connectivity index (χ0n) is 17.1. The minimum atomic E-state index is -0.264. The first-order chi connectivity index (χ1) is 15.0. The first-order valence-corrected chi connectivity index (χ1v) is 10.6. The van der Waals surface area contributed by atoms with Crippen LogP contribution in [0.1, 0.15) is 26.5 Å². The van der Waals surface area contributed by atoms with Gasteiger partial charge in [0.2, 0.25) is 6.79 Å². The minimum Gasteiger partial charge on any atom is -0.454 e. The van der Waals surface area contributed by atoms with Crippen LogP contribution in [0, 0.1) is 12.7 Å². The van der Waals surface area contributed by atoms with Crippen molar-refractivity contribution in [1.29, 1.82) is 0 Å². The van der Waals surface area contributed by atoms with Gasteiger partial charge in [-0.3, -0.25) is 9.48 Å². The third kappa shape index (κ3) is 3.74. The zero-order chi connectivity index (χ0) is 21.5. The Bertz CT molecular complexity index is 1280. The number of rotatable bonds is 5. The first-order valence-electron chi connectivity index (χ1n) is 9.83. The van der Waals surface area contributed by atoms with Crippen LogP contribution in [0.15, 0.2) is 48.5 Å². The summed E-state index contributed by atoms with van der Waals surface area (Å²) in [6.07, 6.45) is 0. The van der Waals surface area contributed by atoms with Crippen molar-refractivity contribution in [2.24, 2.45) is 0 Å². The van der Waals surface area contributed by atoms with E-state index in [9.17, 15) is 9.18 Å². The number of benzene rings is 2. The number of hydrogen-bond donors (Lipinski definition) is 0. The van der Waals surface area contributed by atoms with E-state index >= 15 is 0 Å². The molecule has 0 saturated heterocycles. The van der Waals surface area contributed by atoms with Crippen LogP contribution >= 0.6 is 11.3 Å². The van der Waals surface area contributed by atoms with Gasteiger partial charge in [-0.15, -0.1) is 11.3 Å². The third-order valence-corrected chi connectivity index (χ3v) is 6.40. The van der Waals surface area contributed by atoms with Crippen LogP contribution in [-0.4, -0.2) is 34.4 Å². The van der Waals surface area contributed by atoms with Gasteiger partial charge in [-0.25, -0.2) is 4.39 Å². The molecule has 4 aromatic rings. The number of thiophene rings is 1. The molecule has 1 amide bonds. The highest BCUT2D eigenvalue weighted by molar-refractivity contribution is 7.20. The molecule has 6 nitrogen and oxygen atoms in total. The third-order valence-electron chi connectivity index (χ3n) is 5.27. The van der Waals surface area contributed by atoms with Crippen molar-refractivity contribution in [2.75, 3.05) is 13.8 Å². The van der Waals surface area contributed by atoms with Gasteiger partial charge in [-0.1, -0.05) is 18.2 Å². The van der Waals surface area contributed by atoms with E-state index < -0.39 is 0 Å². The lowest BCUT2D eigenvalue weighted by molar-refractivity contribution is 0.0790. The number of carbonyl (C=O) groups excluding carboxylic acids is 1. The van der Waals surface area contributed by atoms with Crippen molar-refractivity contribution in [3.8, 4) is 11.5 Å². The molecule has 0 spiro atoms. The van der Waals surface area contributed by atoms with E-state index in [1.807, 2.05) is 35.9 Å². The SMILES string of the molecule is Cc1nn(Cc2ccc(F)cc2)c2sc(C(=O)N(C)Cc3ccc4c(c3)OCO4)cc12. The average molecular weight is 437 g/mol. The van der Waals surface area contributed by atoms with Crippen molar-refractivity contribution >= 4 is 27.5 Å². The molecule has 2 aromatic heterocycles. The van der Waals surface area contributed by atoms with E-state index in [1.54, 1.807) is 24.1 Å². The van der Waals surface area contributed by atoms with Crippen LogP contribution in [0.25, 0.3) is 10.2 Å².